The average Bonchev–Trinajstić information content (AvgIpc) is 4.25. The van der Waals surface area contributed by atoms with Gasteiger partial charge < -0.3 is 59.7 Å². The fourth-order valence-corrected chi connectivity index (χ4v) is 9.09. The van der Waals surface area contributed by atoms with Gasteiger partial charge in [0.15, 0.2) is 40.4 Å². The van der Waals surface area contributed by atoms with Crippen molar-refractivity contribution >= 4 is 80.5 Å². The zero-order chi connectivity index (χ0) is 58.0. The van der Waals surface area contributed by atoms with Crippen molar-refractivity contribution in [3.05, 3.63) is 69.9 Å². The molecule has 2 aliphatic rings. The molecule has 0 spiro atoms. The second-order valence-corrected chi connectivity index (χ2v) is 19.1. The number of nitrogens with one attached hydrogen (secondary N) is 4. The topological polar surface area (TPSA) is 332 Å². The van der Waals surface area contributed by atoms with Gasteiger partial charge in [-0.1, -0.05) is 5.21 Å². The van der Waals surface area contributed by atoms with Crippen LogP contribution in [0.5, 0.6) is 23.0 Å². The number of ether oxygens (including phenoxy) is 6. The Kier molecular flexibility index (Phi) is 21.9. The molecule has 0 bridgehead atoms. The van der Waals surface area contributed by atoms with Gasteiger partial charge in [-0.15, -0.1) is 16.4 Å². The molecular weight excluding hydrogens is 1080 g/mol. The van der Waals surface area contributed by atoms with Crippen LogP contribution in [-0.2, 0) is 78.8 Å². The van der Waals surface area contributed by atoms with E-state index in [1.807, 2.05) is 0 Å². The SMILES string of the molecule is COCCNC(=O)[C@H](CCC(=O)NCc1cn(CC(=O)NC[C@H](C)OC(=O)CCC(=O)c2cc3c(F)c(OCCCOc4c(OC)cc5c(c4F)CN(C(=O)CCC(=O)O)C5)c(OC)cc3s2)nn1)NC(=O)CN1C(=O)C=CC1=O. The molecule has 0 saturated carbocycles. The number of aliphatic carboxylic acids is 1. The van der Waals surface area contributed by atoms with Crippen LogP contribution in [0.1, 0.15) is 78.4 Å². The number of methoxy groups -OCH3 is 3. The number of imide groups is 1. The van der Waals surface area contributed by atoms with E-state index in [1.54, 1.807) is 6.07 Å². The summed E-state index contributed by atoms with van der Waals surface area (Å²) in [5.41, 5.74) is 1.01. The zero-order valence-electron chi connectivity index (χ0n) is 44.0. The van der Waals surface area contributed by atoms with Crippen LogP contribution in [0.3, 0.4) is 0 Å². The lowest BCUT2D eigenvalue weighted by Crippen LogP contribution is -2.51. The minimum atomic E-state index is -1.19. The summed E-state index contributed by atoms with van der Waals surface area (Å²) in [7, 11) is 4.08. The van der Waals surface area contributed by atoms with Crippen LogP contribution >= 0.6 is 11.3 Å². The molecule has 4 heterocycles. The van der Waals surface area contributed by atoms with Crippen molar-refractivity contribution in [1.29, 1.82) is 0 Å². The number of esters is 1. The van der Waals surface area contributed by atoms with Gasteiger partial charge in [-0.25, -0.2) is 13.5 Å². The van der Waals surface area contributed by atoms with E-state index >= 15 is 8.78 Å². The molecule has 0 unspecified atom stereocenters. The molecule has 2 atom stereocenters. The second kappa shape index (κ2) is 28.9. The molecule has 430 valence electrons. The van der Waals surface area contributed by atoms with Crippen LogP contribution in [0.25, 0.3) is 10.1 Å². The second-order valence-electron chi connectivity index (χ2n) is 18.0. The van der Waals surface area contributed by atoms with Gasteiger partial charge in [-0.3, -0.25) is 52.8 Å². The number of nitrogens with zero attached hydrogens (tertiary/aromatic N) is 5. The molecule has 4 aromatic rings. The summed E-state index contributed by atoms with van der Waals surface area (Å²) < 4.78 is 65.7. The first-order chi connectivity index (χ1) is 38.3. The smallest absolute Gasteiger partial charge is 0.306 e. The summed E-state index contributed by atoms with van der Waals surface area (Å²) in [6, 6.07) is 3.22. The Morgan fingerprint density at radius 1 is 0.787 bits per heavy atom. The number of carbonyl (C=O) groups is 10. The first-order valence-electron chi connectivity index (χ1n) is 25.0. The number of thiophene rings is 1. The minimum Gasteiger partial charge on any atom is -0.493 e. The van der Waals surface area contributed by atoms with Gasteiger partial charge in [0.2, 0.25) is 29.5 Å². The average molecular weight is 1140 g/mol. The van der Waals surface area contributed by atoms with Gasteiger partial charge in [0.1, 0.15) is 30.9 Å². The molecule has 2 aliphatic heterocycles. The van der Waals surface area contributed by atoms with Crippen LogP contribution < -0.4 is 40.2 Å². The Morgan fingerprint density at radius 3 is 2.17 bits per heavy atom. The van der Waals surface area contributed by atoms with Crippen molar-refractivity contribution in [1.82, 2.24) is 46.1 Å². The highest BCUT2D eigenvalue weighted by atomic mass is 32.1. The maximum absolute atomic E-state index is 15.9. The normalized spacial score (nSPS) is 13.4. The number of halogens is 2. The Morgan fingerprint density at radius 2 is 1.49 bits per heavy atom. The number of carboxylic acids is 1. The van der Waals surface area contributed by atoms with Gasteiger partial charge in [-0.2, -0.15) is 0 Å². The molecule has 0 aliphatic carbocycles. The predicted molar refractivity (Wildman–Crippen MR) is 274 cm³/mol. The Labute approximate surface area is 459 Å². The fourth-order valence-electron chi connectivity index (χ4n) is 8.04. The molecular formula is C51H59F2N9O17S. The molecule has 2 aromatic carbocycles. The van der Waals surface area contributed by atoms with E-state index in [9.17, 15) is 47.9 Å². The highest BCUT2D eigenvalue weighted by Gasteiger charge is 2.32. The number of Topliss-reactive ketones (excluding diaryl/α,β-unsaturated/α-hetero) is 1. The van der Waals surface area contributed by atoms with Gasteiger partial charge in [-0.05, 0) is 31.0 Å². The molecule has 6 rings (SSSR count). The highest BCUT2D eigenvalue weighted by Crippen LogP contribution is 2.41. The van der Waals surface area contributed by atoms with E-state index in [4.69, 9.17) is 33.5 Å². The number of carboxylic acid groups (broad SMARTS) is 1. The monoisotopic (exact) mass is 1140 g/mol. The fraction of sp³-hybridized carbons (Fsp3) is 0.451. The van der Waals surface area contributed by atoms with E-state index in [0.717, 1.165) is 23.5 Å². The quantitative estimate of drug-likeness (QED) is 0.0201. The third kappa shape index (κ3) is 16.7. The molecule has 0 fully saturated rings. The van der Waals surface area contributed by atoms with E-state index in [-0.39, 0.29) is 149 Å². The van der Waals surface area contributed by atoms with Gasteiger partial charge in [0.25, 0.3) is 11.8 Å². The number of ketones is 1. The largest absolute Gasteiger partial charge is 0.493 e. The lowest BCUT2D eigenvalue weighted by Gasteiger charge is -2.20. The maximum Gasteiger partial charge on any atom is 0.306 e. The third-order valence-electron chi connectivity index (χ3n) is 12.1. The molecule has 80 heavy (non-hydrogen) atoms. The van der Waals surface area contributed by atoms with E-state index < -0.39 is 89.4 Å². The predicted octanol–water partition coefficient (Wildman–Crippen LogP) is 1.62. The summed E-state index contributed by atoms with van der Waals surface area (Å²) in [4.78, 5) is 126. The standard InChI is InChI=1S/C51H59F2N9O17S/c1-28(21-55-40(65)26-61-24-30(58-59-61)22-56-39(64)8-6-33(51(73)54-14-17-74-2)57-41(66)27-62-43(68)9-10-44(62)69)79-46(72)13-7-34(63)38-19-31-37(80-38)20-36(76-4)50(47(31)52)78-16-5-15-77-49-35(75-3)18-29-23-60(25-32(29)48(49)53)42(67)11-12-45(70)71/h9-10,18-20,24,28,33H,5-8,11-17,21-23,25-27H2,1-4H3,(H,54,73)(H,55,65)(H,56,64)(H,57,66)(H,70,71)/t28-,33-/m0/s1. The number of aromatic nitrogens is 3. The minimum absolute atomic E-state index is 0.0463. The van der Waals surface area contributed by atoms with Crippen LogP contribution in [0.4, 0.5) is 8.78 Å². The van der Waals surface area contributed by atoms with Crippen molar-refractivity contribution in [3.63, 3.8) is 0 Å². The maximum atomic E-state index is 15.9. The van der Waals surface area contributed by atoms with Crippen molar-refractivity contribution in [2.75, 3.05) is 60.8 Å². The number of benzene rings is 2. The first kappa shape index (κ1) is 60.6. The molecule has 7 amide bonds. The first-order valence-corrected chi connectivity index (χ1v) is 25.8. The summed E-state index contributed by atoms with van der Waals surface area (Å²) in [6.45, 7) is 0.577. The van der Waals surface area contributed by atoms with E-state index in [2.05, 4.69) is 31.6 Å². The number of rotatable bonds is 32. The number of fused-ring (bicyclic) bond motifs is 2. The lowest BCUT2D eigenvalue weighted by atomic mass is 10.1. The number of amides is 7. The van der Waals surface area contributed by atoms with Gasteiger partial charge in [0.05, 0.1) is 71.0 Å². The zero-order valence-corrected chi connectivity index (χ0v) is 44.8. The number of hydrogen-bond acceptors (Lipinski definition) is 19. The van der Waals surface area contributed by atoms with Crippen LogP contribution in [0.15, 0.2) is 36.5 Å². The van der Waals surface area contributed by atoms with Crippen LogP contribution in [0.2, 0.25) is 0 Å². The van der Waals surface area contributed by atoms with E-state index in [1.165, 1.54) is 56.2 Å². The summed E-state index contributed by atoms with van der Waals surface area (Å²) in [5.74, 6) is -8.32. The van der Waals surface area contributed by atoms with E-state index in [0.29, 0.717) is 15.2 Å². The lowest BCUT2D eigenvalue weighted by molar-refractivity contribution is -0.148. The Balaban J connectivity index is 0.892. The summed E-state index contributed by atoms with van der Waals surface area (Å²) in [5, 5.41) is 27.1. The molecule has 29 heteroatoms. The number of carbonyl (C=O) groups excluding carboxylic acids is 9. The van der Waals surface area contributed by atoms with Crippen molar-refractivity contribution in [2.45, 2.75) is 90.2 Å². The molecule has 0 saturated heterocycles. The summed E-state index contributed by atoms with van der Waals surface area (Å²) >= 11 is 0.988. The summed E-state index contributed by atoms with van der Waals surface area (Å²) in [6.07, 6.45) is 1.28. The Hall–Kier alpha value is -8.60. The van der Waals surface area contributed by atoms with Crippen molar-refractivity contribution in [3.8, 4) is 23.0 Å². The van der Waals surface area contributed by atoms with Crippen LogP contribution in [-0.4, -0.2) is 162 Å². The molecule has 26 nitrogen and oxygen atoms in total. The van der Waals surface area contributed by atoms with Gasteiger partial charge in [0, 0.05) is 86.3 Å². The van der Waals surface area contributed by atoms with Crippen molar-refractivity contribution < 1.29 is 90.3 Å². The number of hydrogen-bond donors (Lipinski definition) is 5. The van der Waals surface area contributed by atoms with Gasteiger partial charge >= 0.3 is 11.9 Å². The molecule has 0 radical (unpaired) electrons. The Bertz CT molecular complexity index is 3020. The highest BCUT2D eigenvalue weighted by molar-refractivity contribution is 7.20. The molecule has 2 aromatic heterocycles. The third-order valence-corrected chi connectivity index (χ3v) is 13.3. The van der Waals surface area contributed by atoms with Crippen LogP contribution in [0, 0.1) is 11.6 Å². The van der Waals surface area contributed by atoms with Crippen molar-refractivity contribution in [2.24, 2.45) is 0 Å². The molecule has 5 N–H and O–H groups in total.